The molecule has 4 N–H and O–H groups in total. The summed E-state index contributed by atoms with van der Waals surface area (Å²) in [6.45, 7) is -0.531. The molecule has 8 heteroatoms. The van der Waals surface area contributed by atoms with Crippen molar-refractivity contribution >= 4 is 11.9 Å². The van der Waals surface area contributed by atoms with E-state index in [1.807, 2.05) is 0 Å². The van der Waals surface area contributed by atoms with Crippen molar-refractivity contribution in [3.05, 3.63) is 29.8 Å². The van der Waals surface area contributed by atoms with Gasteiger partial charge in [-0.2, -0.15) is 0 Å². The van der Waals surface area contributed by atoms with Gasteiger partial charge >= 0.3 is 0 Å². The Labute approximate surface area is 151 Å². The lowest BCUT2D eigenvalue weighted by Crippen LogP contribution is -2.58. The quantitative estimate of drug-likeness (QED) is 0.476. The summed E-state index contributed by atoms with van der Waals surface area (Å²) in [4.78, 5) is 12.2. The van der Waals surface area contributed by atoms with Crippen LogP contribution < -0.4 is 9.47 Å². The first-order valence-electron chi connectivity index (χ1n) is 8.14. The Balaban J connectivity index is 2.02. The number of methoxy groups -OCH3 is 2. The second-order valence-electron chi connectivity index (χ2n) is 5.99. The van der Waals surface area contributed by atoms with Gasteiger partial charge in [0.15, 0.2) is 17.3 Å². The Kier molecular flexibility index (Phi) is 7.13. The summed E-state index contributed by atoms with van der Waals surface area (Å²) in [6, 6.07) is 5.16. The number of rotatable bonds is 7. The summed E-state index contributed by atoms with van der Waals surface area (Å²) in [6.07, 6.45) is -3.71. The van der Waals surface area contributed by atoms with Gasteiger partial charge in [-0.1, -0.05) is 12.1 Å². The van der Waals surface area contributed by atoms with E-state index in [0.29, 0.717) is 17.1 Å². The zero-order valence-electron chi connectivity index (χ0n) is 14.6. The molecule has 1 heterocycles. The van der Waals surface area contributed by atoms with Crippen LogP contribution in [0.15, 0.2) is 24.3 Å². The largest absolute Gasteiger partial charge is 0.493 e. The fourth-order valence-corrected chi connectivity index (χ4v) is 2.76. The molecule has 0 spiro atoms. The van der Waals surface area contributed by atoms with Crippen molar-refractivity contribution < 1.29 is 39.4 Å². The van der Waals surface area contributed by atoms with Crippen LogP contribution in [0.1, 0.15) is 12.0 Å². The molecule has 0 amide bonds. The zero-order chi connectivity index (χ0) is 19.3. The first kappa shape index (κ1) is 20.3. The van der Waals surface area contributed by atoms with Crippen molar-refractivity contribution in [2.75, 3.05) is 20.8 Å². The van der Waals surface area contributed by atoms with Crippen molar-refractivity contribution in [2.24, 2.45) is 0 Å². The average Bonchev–Trinajstić information content (AvgIpc) is 2.66. The number of carbonyl (C=O) groups excluding carboxylic acids is 1. The van der Waals surface area contributed by atoms with Crippen LogP contribution in [0.3, 0.4) is 0 Å². The van der Waals surface area contributed by atoms with E-state index in [0.717, 1.165) is 0 Å². The molecule has 2 rings (SSSR count). The third kappa shape index (κ3) is 4.60. The maximum absolute atomic E-state index is 12.2. The van der Waals surface area contributed by atoms with Gasteiger partial charge in [0.1, 0.15) is 24.4 Å². The zero-order valence-corrected chi connectivity index (χ0v) is 14.6. The molecular weight excluding hydrogens is 344 g/mol. The molecule has 1 aliphatic heterocycles. The molecule has 0 unspecified atom stereocenters. The number of aliphatic hydroxyl groups is 4. The number of ether oxygens (including phenoxy) is 3. The molecule has 1 aromatic rings. The van der Waals surface area contributed by atoms with E-state index >= 15 is 0 Å². The second-order valence-corrected chi connectivity index (χ2v) is 5.99. The molecule has 0 aromatic heterocycles. The van der Waals surface area contributed by atoms with E-state index in [9.17, 15) is 20.1 Å². The van der Waals surface area contributed by atoms with Crippen molar-refractivity contribution in [1.82, 2.24) is 0 Å². The molecule has 0 aliphatic carbocycles. The molecule has 8 nitrogen and oxygen atoms in total. The predicted molar refractivity (Wildman–Crippen MR) is 92.0 cm³/mol. The lowest BCUT2D eigenvalue weighted by molar-refractivity contribution is -0.229. The Hall–Kier alpha value is -1.97. The number of carbonyl (C=O) groups is 1. The van der Waals surface area contributed by atoms with E-state index in [1.165, 1.54) is 20.3 Å². The van der Waals surface area contributed by atoms with Gasteiger partial charge in [0.25, 0.3) is 0 Å². The monoisotopic (exact) mass is 368 g/mol. The molecule has 0 radical (unpaired) electrons. The van der Waals surface area contributed by atoms with E-state index in [4.69, 9.17) is 19.3 Å². The van der Waals surface area contributed by atoms with Gasteiger partial charge in [-0.05, 0) is 23.8 Å². The molecule has 1 fully saturated rings. The highest BCUT2D eigenvalue weighted by molar-refractivity contribution is 5.94. The predicted octanol–water partition coefficient (Wildman–Crippen LogP) is -0.481. The SMILES string of the molecule is COc1ccc(/C=C/C(=O)C[C@@H]2O[C@H](CO)[C@@H](O)[C@H](O)[C@H]2O)cc1OC. The molecular formula is C18H24O8. The topological polar surface area (TPSA) is 126 Å². The van der Waals surface area contributed by atoms with Gasteiger partial charge < -0.3 is 34.6 Å². The Morgan fingerprint density at radius 2 is 1.73 bits per heavy atom. The summed E-state index contributed by atoms with van der Waals surface area (Å²) in [7, 11) is 3.03. The summed E-state index contributed by atoms with van der Waals surface area (Å²) < 4.78 is 15.7. The fraction of sp³-hybridized carbons (Fsp3) is 0.500. The smallest absolute Gasteiger partial charge is 0.161 e. The van der Waals surface area contributed by atoms with E-state index < -0.39 is 37.1 Å². The van der Waals surface area contributed by atoms with Gasteiger partial charge in [0.05, 0.1) is 26.9 Å². The lowest BCUT2D eigenvalue weighted by atomic mass is 9.92. The number of aliphatic hydroxyl groups excluding tert-OH is 4. The highest BCUT2D eigenvalue weighted by Crippen LogP contribution is 2.28. The highest BCUT2D eigenvalue weighted by Gasteiger charge is 2.43. The van der Waals surface area contributed by atoms with Gasteiger partial charge in [-0.25, -0.2) is 0 Å². The number of hydrogen-bond acceptors (Lipinski definition) is 8. The summed E-state index contributed by atoms with van der Waals surface area (Å²) in [5.74, 6) is 0.748. The molecule has 1 saturated heterocycles. The first-order valence-corrected chi connectivity index (χ1v) is 8.14. The Morgan fingerprint density at radius 3 is 2.35 bits per heavy atom. The third-order valence-electron chi connectivity index (χ3n) is 4.26. The molecule has 26 heavy (non-hydrogen) atoms. The van der Waals surface area contributed by atoms with Crippen LogP contribution in [0.25, 0.3) is 6.08 Å². The molecule has 1 aromatic carbocycles. The lowest BCUT2D eigenvalue weighted by Gasteiger charge is -2.39. The normalized spacial score (nSPS) is 28.9. The third-order valence-corrected chi connectivity index (χ3v) is 4.26. The van der Waals surface area contributed by atoms with Gasteiger partial charge in [-0.15, -0.1) is 0 Å². The number of ketones is 1. The summed E-state index contributed by atoms with van der Waals surface area (Å²) in [5.41, 5.74) is 0.713. The van der Waals surface area contributed by atoms with Crippen LogP contribution in [0, 0.1) is 0 Å². The first-order chi connectivity index (χ1) is 12.4. The van der Waals surface area contributed by atoms with E-state index in [2.05, 4.69) is 0 Å². The van der Waals surface area contributed by atoms with Crippen LogP contribution >= 0.6 is 0 Å². The highest BCUT2D eigenvalue weighted by atomic mass is 16.5. The summed E-state index contributed by atoms with van der Waals surface area (Å²) in [5, 5.41) is 38.6. The maximum Gasteiger partial charge on any atom is 0.161 e. The van der Waals surface area contributed by atoms with Crippen molar-refractivity contribution in [3.8, 4) is 11.5 Å². The van der Waals surface area contributed by atoms with Crippen molar-refractivity contribution in [3.63, 3.8) is 0 Å². The number of hydrogen-bond donors (Lipinski definition) is 4. The number of benzene rings is 1. The minimum atomic E-state index is -1.49. The van der Waals surface area contributed by atoms with Crippen molar-refractivity contribution in [2.45, 2.75) is 36.9 Å². The van der Waals surface area contributed by atoms with Gasteiger partial charge in [0.2, 0.25) is 0 Å². The maximum atomic E-state index is 12.2. The van der Waals surface area contributed by atoms with E-state index in [-0.39, 0.29) is 12.2 Å². The minimum Gasteiger partial charge on any atom is -0.493 e. The van der Waals surface area contributed by atoms with Gasteiger partial charge in [-0.3, -0.25) is 4.79 Å². The Bertz CT molecular complexity index is 642. The fourth-order valence-electron chi connectivity index (χ4n) is 2.76. The molecule has 0 bridgehead atoms. The van der Waals surface area contributed by atoms with Gasteiger partial charge in [0, 0.05) is 6.42 Å². The van der Waals surface area contributed by atoms with Crippen LogP contribution in [-0.4, -0.2) is 77.6 Å². The Morgan fingerprint density at radius 1 is 1.08 bits per heavy atom. The minimum absolute atomic E-state index is 0.203. The van der Waals surface area contributed by atoms with Crippen LogP contribution in [-0.2, 0) is 9.53 Å². The average molecular weight is 368 g/mol. The van der Waals surface area contributed by atoms with Crippen LogP contribution in [0.5, 0.6) is 11.5 Å². The molecule has 0 saturated carbocycles. The van der Waals surface area contributed by atoms with Crippen molar-refractivity contribution in [1.29, 1.82) is 0 Å². The van der Waals surface area contributed by atoms with E-state index in [1.54, 1.807) is 24.3 Å². The molecule has 1 aliphatic rings. The molecule has 5 atom stereocenters. The summed E-state index contributed by atoms with van der Waals surface area (Å²) >= 11 is 0. The van der Waals surface area contributed by atoms with Crippen LogP contribution in [0.2, 0.25) is 0 Å². The standard InChI is InChI=1S/C18H24O8/c1-24-12-6-4-10(7-13(12)25-2)3-5-11(20)8-14-16(21)18(23)17(22)15(9-19)26-14/h3-7,14-19,21-23H,8-9H2,1-2H3/b5-3+/t14-,15+,16-,17+,18+/m0/s1. The number of allylic oxidation sites excluding steroid dienone is 1. The van der Waals surface area contributed by atoms with Crippen LogP contribution in [0.4, 0.5) is 0 Å². The molecule has 144 valence electrons. The second kappa shape index (κ2) is 9.11.